The number of anilines is 1. The van der Waals surface area contributed by atoms with E-state index >= 15 is 0 Å². The van der Waals surface area contributed by atoms with Gasteiger partial charge in [-0.15, -0.1) is 0 Å². The van der Waals surface area contributed by atoms with Gasteiger partial charge in [0.05, 0.1) is 17.1 Å². The summed E-state index contributed by atoms with van der Waals surface area (Å²) >= 11 is 11.9. The van der Waals surface area contributed by atoms with E-state index in [2.05, 4.69) is 12.0 Å². The Kier molecular flexibility index (Phi) is 3.69. The van der Waals surface area contributed by atoms with Crippen LogP contribution in [0.5, 0.6) is 0 Å². The lowest BCUT2D eigenvalue weighted by molar-refractivity contribution is -0.116. The average Bonchev–Trinajstić information content (AvgIpc) is 2.60. The number of amides is 1. The zero-order valence-corrected chi connectivity index (χ0v) is 10.9. The largest absolute Gasteiger partial charge is 0.272 e. The van der Waals surface area contributed by atoms with Crippen molar-refractivity contribution in [3.05, 3.63) is 28.2 Å². The van der Waals surface area contributed by atoms with Gasteiger partial charge in [-0.2, -0.15) is 10.1 Å². The van der Waals surface area contributed by atoms with Crippen LogP contribution in [0.15, 0.2) is 23.3 Å². The Morgan fingerprint density at radius 1 is 1.41 bits per heavy atom. The van der Waals surface area contributed by atoms with E-state index in [1.165, 1.54) is 5.01 Å². The lowest BCUT2D eigenvalue weighted by Crippen LogP contribution is -2.19. The van der Waals surface area contributed by atoms with Gasteiger partial charge in [0.1, 0.15) is 0 Å². The van der Waals surface area contributed by atoms with Crippen LogP contribution in [0, 0.1) is 0 Å². The molecule has 0 atom stereocenters. The summed E-state index contributed by atoms with van der Waals surface area (Å²) in [5.74, 6) is -0.0438. The summed E-state index contributed by atoms with van der Waals surface area (Å²) in [5, 5.41) is 6.64. The third-order valence-corrected chi connectivity index (χ3v) is 3.05. The summed E-state index contributed by atoms with van der Waals surface area (Å²) in [7, 11) is 0. The molecule has 0 aromatic heterocycles. The minimum absolute atomic E-state index is 0.0438. The van der Waals surface area contributed by atoms with Gasteiger partial charge in [-0.05, 0) is 24.6 Å². The zero-order valence-electron chi connectivity index (χ0n) is 9.41. The summed E-state index contributed by atoms with van der Waals surface area (Å²) in [4.78, 5) is 11.8. The molecule has 0 unspecified atom stereocenters. The van der Waals surface area contributed by atoms with Crippen molar-refractivity contribution in [2.75, 3.05) is 5.01 Å². The molecule has 1 aromatic carbocycles. The van der Waals surface area contributed by atoms with Crippen LogP contribution in [0.2, 0.25) is 10.0 Å². The van der Waals surface area contributed by atoms with E-state index in [4.69, 9.17) is 23.2 Å². The quantitative estimate of drug-likeness (QED) is 0.820. The highest BCUT2D eigenvalue weighted by Gasteiger charge is 2.26. The van der Waals surface area contributed by atoms with Gasteiger partial charge >= 0.3 is 0 Å². The van der Waals surface area contributed by atoms with Crippen molar-refractivity contribution in [1.82, 2.24) is 0 Å². The number of benzene rings is 1. The van der Waals surface area contributed by atoms with Crippen molar-refractivity contribution in [3.63, 3.8) is 0 Å². The van der Waals surface area contributed by atoms with Gasteiger partial charge in [0.2, 0.25) is 0 Å². The Balaban J connectivity index is 2.30. The first-order valence-corrected chi connectivity index (χ1v) is 6.21. The van der Waals surface area contributed by atoms with E-state index in [1.807, 2.05) is 0 Å². The minimum atomic E-state index is -0.0438. The predicted molar refractivity (Wildman–Crippen MR) is 70.9 cm³/mol. The number of hydrogen-bond acceptors (Lipinski definition) is 2. The highest BCUT2D eigenvalue weighted by molar-refractivity contribution is 6.37. The second-order valence-corrected chi connectivity index (χ2v) is 4.74. The molecule has 5 heteroatoms. The molecule has 1 heterocycles. The van der Waals surface area contributed by atoms with Crippen LogP contribution in [0.1, 0.15) is 26.2 Å². The highest BCUT2D eigenvalue weighted by Crippen LogP contribution is 2.31. The van der Waals surface area contributed by atoms with Crippen LogP contribution in [-0.2, 0) is 4.79 Å². The Hall–Kier alpha value is -1.06. The Morgan fingerprint density at radius 3 is 2.82 bits per heavy atom. The Bertz CT molecular complexity index is 485. The molecular weight excluding hydrogens is 259 g/mol. The van der Waals surface area contributed by atoms with Gasteiger partial charge < -0.3 is 0 Å². The molecular formula is C12H12Cl2N2O. The smallest absolute Gasteiger partial charge is 0.253 e. The molecule has 1 aliphatic heterocycles. The average molecular weight is 271 g/mol. The molecule has 0 bridgehead atoms. The Morgan fingerprint density at radius 2 is 2.18 bits per heavy atom. The van der Waals surface area contributed by atoms with Crippen molar-refractivity contribution in [2.45, 2.75) is 26.2 Å². The van der Waals surface area contributed by atoms with Crippen molar-refractivity contribution in [3.8, 4) is 0 Å². The SMILES string of the molecule is CCCC1=NN(c2ccc(Cl)cc2Cl)C(=O)C1. The van der Waals surface area contributed by atoms with E-state index in [-0.39, 0.29) is 5.91 Å². The fourth-order valence-electron chi connectivity index (χ4n) is 1.75. The molecule has 0 fully saturated rings. The van der Waals surface area contributed by atoms with Gasteiger partial charge in [-0.25, -0.2) is 0 Å². The van der Waals surface area contributed by atoms with Crippen molar-refractivity contribution < 1.29 is 4.79 Å². The van der Waals surface area contributed by atoms with Crippen molar-refractivity contribution in [2.24, 2.45) is 5.10 Å². The monoisotopic (exact) mass is 270 g/mol. The van der Waals surface area contributed by atoms with Crippen LogP contribution in [-0.4, -0.2) is 11.6 Å². The molecule has 17 heavy (non-hydrogen) atoms. The van der Waals surface area contributed by atoms with Gasteiger partial charge in [0, 0.05) is 10.7 Å². The molecule has 1 aliphatic rings. The molecule has 90 valence electrons. The number of hydrazone groups is 1. The number of nitrogens with zero attached hydrogens (tertiary/aromatic N) is 2. The molecule has 0 N–H and O–H groups in total. The van der Waals surface area contributed by atoms with Gasteiger partial charge in [0.25, 0.3) is 5.91 Å². The molecule has 0 saturated carbocycles. The van der Waals surface area contributed by atoms with Crippen molar-refractivity contribution >= 4 is 40.5 Å². The predicted octanol–water partition coefficient (Wildman–Crippen LogP) is 3.89. The first kappa shape index (κ1) is 12.4. The normalized spacial score (nSPS) is 15.4. The topological polar surface area (TPSA) is 32.7 Å². The second-order valence-electron chi connectivity index (χ2n) is 3.89. The van der Waals surface area contributed by atoms with Crippen LogP contribution in [0.3, 0.4) is 0 Å². The fourth-order valence-corrected chi connectivity index (χ4v) is 2.24. The van der Waals surface area contributed by atoms with E-state index in [1.54, 1.807) is 18.2 Å². The lowest BCUT2D eigenvalue weighted by Gasteiger charge is -2.13. The van der Waals surface area contributed by atoms with Gasteiger partial charge in [-0.3, -0.25) is 4.79 Å². The molecule has 0 aliphatic carbocycles. The lowest BCUT2D eigenvalue weighted by atomic mass is 10.2. The standard InChI is InChI=1S/C12H12Cl2N2O/c1-2-3-9-7-12(17)16(15-9)11-5-4-8(13)6-10(11)14/h4-6H,2-3,7H2,1H3. The third-order valence-electron chi connectivity index (χ3n) is 2.51. The maximum atomic E-state index is 11.8. The van der Waals surface area contributed by atoms with Gasteiger partial charge in [0.15, 0.2) is 0 Å². The third kappa shape index (κ3) is 2.61. The van der Waals surface area contributed by atoms with Crippen LogP contribution >= 0.6 is 23.2 Å². The van der Waals surface area contributed by atoms with E-state index < -0.39 is 0 Å². The van der Waals surface area contributed by atoms with E-state index in [9.17, 15) is 4.79 Å². The molecule has 0 saturated heterocycles. The number of halogens is 2. The van der Waals surface area contributed by atoms with Gasteiger partial charge in [-0.1, -0.05) is 36.5 Å². The summed E-state index contributed by atoms with van der Waals surface area (Å²) in [5.41, 5.74) is 1.50. The summed E-state index contributed by atoms with van der Waals surface area (Å²) in [6.07, 6.45) is 2.20. The molecule has 1 aromatic rings. The van der Waals surface area contributed by atoms with Crippen molar-refractivity contribution in [1.29, 1.82) is 0 Å². The summed E-state index contributed by atoms with van der Waals surface area (Å²) in [6.45, 7) is 2.06. The second kappa shape index (κ2) is 5.07. The highest BCUT2D eigenvalue weighted by atomic mass is 35.5. The molecule has 0 spiro atoms. The summed E-state index contributed by atoms with van der Waals surface area (Å²) in [6, 6.07) is 5.02. The van der Waals surface area contributed by atoms with Crippen LogP contribution < -0.4 is 5.01 Å². The summed E-state index contributed by atoms with van der Waals surface area (Å²) < 4.78 is 0. The zero-order chi connectivity index (χ0) is 12.4. The first-order valence-electron chi connectivity index (χ1n) is 5.46. The minimum Gasteiger partial charge on any atom is -0.272 e. The molecule has 3 nitrogen and oxygen atoms in total. The Labute approximate surface area is 110 Å². The number of carbonyl (C=O) groups is 1. The van der Waals surface area contributed by atoms with E-state index in [0.717, 1.165) is 18.6 Å². The first-order chi connectivity index (χ1) is 8.11. The van der Waals surface area contributed by atoms with Crippen LogP contribution in [0.4, 0.5) is 5.69 Å². The van der Waals surface area contributed by atoms with E-state index in [0.29, 0.717) is 22.2 Å². The number of carbonyl (C=O) groups excluding carboxylic acids is 1. The van der Waals surface area contributed by atoms with Crippen LogP contribution in [0.25, 0.3) is 0 Å². The number of hydrogen-bond donors (Lipinski definition) is 0. The maximum absolute atomic E-state index is 11.8. The molecule has 1 amide bonds. The maximum Gasteiger partial charge on any atom is 0.253 e. The molecule has 0 radical (unpaired) electrons. The molecule has 2 rings (SSSR count). The fraction of sp³-hybridized carbons (Fsp3) is 0.333. The number of rotatable bonds is 3.